The number of carbonyl (C=O) groups excluding carboxylic acids is 1. The Bertz CT molecular complexity index is 315. The molecule has 2 N–H and O–H groups in total. The van der Waals surface area contributed by atoms with Crippen molar-refractivity contribution >= 4 is 11.9 Å². The fourth-order valence-electron chi connectivity index (χ4n) is 2.52. The molecular weight excluding hydrogens is 232 g/mol. The third-order valence-electron chi connectivity index (χ3n) is 3.79. The summed E-state index contributed by atoms with van der Waals surface area (Å²) in [5, 5.41) is 11.8. The Balaban J connectivity index is 1.76. The summed E-state index contributed by atoms with van der Waals surface area (Å²) in [7, 11) is 0. The third-order valence-corrected chi connectivity index (χ3v) is 3.79. The van der Waals surface area contributed by atoms with Crippen molar-refractivity contribution in [3.05, 3.63) is 0 Å². The van der Waals surface area contributed by atoms with Gasteiger partial charge >= 0.3 is 5.97 Å². The maximum atomic E-state index is 11.8. The number of nitrogens with zero attached hydrogens (tertiary/aromatic N) is 1. The normalized spacial score (nSPS) is 24.8. The van der Waals surface area contributed by atoms with Crippen molar-refractivity contribution in [2.75, 3.05) is 19.6 Å². The van der Waals surface area contributed by atoms with Gasteiger partial charge in [0.05, 0.1) is 13.0 Å². The molecule has 0 aromatic carbocycles. The Morgan fingerprint density at radius 1 is 1.22 bits per heavy atom. The highest BCUT2D eigenvalue weighted by Gasteiger charge is 2.27. The molecule has 2 rings (SSSR count). The van der Waals surface area contributed by atoms with E-state index in [2.05, 4.69) is 5.32 Å². The van der Waals surface area contributed by atoms with Crippen LogP contribution >= 0.6 is 0 Å². The van der Waals surface area contributed by atoms with E-state index in [0.717, 1.165) is 32.4 Å². The fraction of sp³-hybridized carbons (Fsp3) is 0.846. The van der Waals surface area contributed by atoms with Gasteiger partial charge in [-0.2, -0.15) is 0 Å². The Morgan fingerprint density at radius 3 is 2.67 bits per heavy atom. The molecule has 1 unspecified atom stereocenters. The van der Waals surface area contributed by atoms with Crippen molar-refractivity contribution in [2.24, 2.45) is 5.92 Å². The standard InChI is InChI=1S/C13H22N2O3/c16-12(14-8-10-4-5-10)9-15-6-2-1-3-11(15)7-13(17)18/h10-11H,1-9H2,(H,14,16)(H,17,18). The minimum Gasteiger partial charge on any atom is -0.481 e. The minimum atomic E-state index is -0.773. The highest BCUT2D eigenvalue weighted by atomic mass is 16.4. The third kappa shape index (κ3) is 4.29. The molecule has 18 heavy (non-hydrogen) atoms. The minimum absolute atomic E-state index is 0.0305. The summed E-state index contributed by atoms with van der Waals surface area (Å²) in [6, 6.07) is 0.0305. The molecule has 0 bridgehead atoms. The second-order valence-electron chi connectivity index (χ2n) is 5.47. The van der Waals surface area contributed by atoms with E-state index < -0.39 is 5.97 Å². The molecule has 0 aromatic heterocycles. The van der Waals surface area contributed by atoms with Gasteiger partial charge in [0.25, 0.3) is 0 Å². The first-order chi connectivity index (χ1) is 8.65. The predicted octanol–water partition coefficient (Wildman–Crippen LogP) is 0.842. The molecule has 102 valence electrons. The smallest absolute Gasteiger partial charge is 0.304 e. The lowest BCUT2D eigenvalue weighted by Gasteiger charge is -2.34. The number of aliphatic carboxylic acids is 1. The van der Waals surface area contributed by atoms with Crippen molar-refractivity contribution in [1.82, 2.24) is 10.2 Å². The topological polar surface area (TPSA) is 69.6 Å². The molecular formula is C13H22N2O3. The van der Waals surface area contributed by atoms with Gasteiger partial charge in [-0.05, 0) is 38.1 Å². The van der Waals surface area contributed by atoms with Crippen LogP contribution in [0.2, 0.25) is 0 Å². The van der Waals surface area contributed by atoms with Crippen LogP contribution in [0.3, 0.4) is 0 Å². The van der Waals surface area contributed by atoms with Crippen LogP contribution in [0, 0.1) is 5.92 Å². The summed E-state index contributed by atoms with van der Waals surface area (Å²) in [4.78, 5) is 24.6. The van der Waals surface area contributed by atoms with Crippen LogP contribution < -0.4 is 5.32 Å². The second kappa shape index (κ2) is 6.18. The number of hydrogen-bond acceptors (Lipinski definition) is 3. The lowest BCUT2D eigenvalue weighted by atomic mass is 9.99. The summed E-state index contributed by atoms with van der Waals surface area (Å²) in [6.07, 6.45) is 5.62. The number of hydrogen-bond donors (Lipinski definition) is 2. The van der Waals surface area contributed by atoms with E-state index >= 15 is 0 Å². The van der Waals surface area contributed by atoms with Crippen LogP contribution in [0.25, 0.3) is 0 Å². The summed E-state index contributed by atoms with van der Waals surface area (Å²) < 4.78 is 0. The molecule has 0 aromatic rings. The maximum absolute atomic E-state index is 11.8. The number of rotatable bonds is 6. The second-order valence-corrected chi connectivity index (χ2v) is 5.47. The molecule has 2 fully saturated rings. The molecule has 1 aliphatic heterocycles. The van der Waals surface area contributed by atoms with Crippen molar-refractivity contribution in [3.63, 3.8) is 0 Å². The molecule has 5 heteroatoms. The Kier molecular flexibility index (Phi) is 4.58. The lowest BCUT2D eigenvalue weighted by Crippen LogP contribution is -2.46. The number of amides is 1. The number of carbonyl (C=O) groups is 2. The van der Waals surface area contributed by atoms with Crippen LogP contribution in [-0.4, -0.2) is 47.6 Å². The molecule has 2 aliphatic rings. The van der Waals surface area contributed by atoms with Gasteiger partial charge < -0.3 is 10.4 Å². The highest BCUT2D eigenvalue weighted by molar-refractivity contribution is 5.78. The average molecular weight is 254 g/mol. The summed E-state index contributed by atoms with van der Waals surface area (Å²) in [6.45, 7) is 1.98. The van der Waals surface area contributed by atoms with Gasteiger partial charge in [-0.25, -0.2) is 0 Å². The van der Waals surface area contributed by atoms with E-state index in [-0.39, 0.29) is 18.4 Å². The summed E-state index contributed by atoms with van der Waals surface area (Å²) in [5.41, 5.74) is 0. The zero-order valence-corrected chi connectivity index (χ0v) is 10.7. The van der Waals surface area contributed by atoms with Gasteiger partial charge in [0.2, 0.25) is 5.91 Å². The van der Waals surface area contributed by atoms with E-state index in [1.807, 2.05) is 4.90 Å². The van der Waals surface area contributed by atoms with Gasteiger partial charge in [0.15, 0.2) is 0 Å². The van der Waals surface area contributed by atoms with Gasteiger partial charge in [-0.15, -0.1) is 0 Å². The SMILES string of the molecule is O=C(O)CC1CCCCN1CC(=O)NCC1CC1. The molecule has 1 amide bonds. The molecule has 1 saturated heterocycles. The number of carboxylic acid groups (broad SMARTS) is 1. The first kappa shape index (κ1) is 13.3. The Morgan fingerprint density at radius 2 is 2.00 bits per heavy atom. The van der Waals surface area contributed by atoms with Crippen molar-refractivity contribution in [1.29, 1.82) is 0 Å². The zero-order chi connectivity index (χ0) is 13.0. The summed E-state index contributed by atoms with van der Waals surface area (Å²) in [5.74, 6) is -0.0467. The monoisotopic (exact) mass is 254 g/mol. The van der Waals surface area contributed by atoms with E-state index in [4.69, 9.17) is 5.11 Å². The predicted molar refractivity (Wildman–Crippen MR) is 67.2 cm³/mol. The molecule has 5 nitrogen and oxygen atoms in total. The number of carboxylic acids is 1. The van der Waals surface area contributed by atoms with E-state index in [0.29, 0.717) is 12.5 Å². The molecule has 1 saturated carbocycles. The van der Waals surface area contributed by atoms with Crippen molar-refractivity contribution in [3.8, 4) is 0 Å². The van der Waals surface area contributed by atoms with Crippen LogP contribution in [0.1, 0.15) is 38.5 Å². The van der Waals surface area contributed by atoms with Crippen LogP contribution in [0.5, 0.6) is 0 Å². The van der Waals surface area contributed by atoms with Crippen LogP contribution in [0.15, 0.2) is 0 Å². The fourth-order valence-corrected chi connectivity index (χ4v) is 2.52. The Labute approximate surface area is 108 Å². The van der Waals surface area contributed by atoms with Gasteiger partial charge in [0.1, 0.15) is 0 Å². The van der Waals surface area contributed by atoms with E-state index in [1.165, 1.54) is 12.8 Å². The molecule has 1 atom stereocenters. The van der Waals surface area contributed by atoms with Crippen LogP contribution in [-0.2, 0) is 9.59 Å². The van der Waals surface area contributed by atoms with Gasteiger partial charge in [-0.3, -0.25) is 14.5 Å². The lowest BCUT2D eigenvalue weighted by molar-refractivity contribution is -0.139. The number of likely N-dealkylation sites (tertiary alicyclic amines) is 1. The van der Waals surface area contributed by atoms with Crippen molar-refractivity contribution < 1.29 is 14.7 Å². The largest absolute Gasteiger partial charge is 0.481 e. The summed E-state index contributed by atoms with van der Waals surface area (Å²) >= 11 is 0. The first-order valence-corrected chi connectivity index (χ1v) is 6.87. The van der Waals surface area contributed by atoms with Gasteiger partial charge in [-0.1, -0.05) is 6.42 Å². The number of nitrogens with one attached hydrogen (secondary N) is 1. The molecule has 1 heterocycles. The first-order valence-electron chi connectivity index (χ1n) is 6.87. The molecule has 0 radical (unpaired) electrons. The average Bonchev–Trinajstić information content (AvgIpc) is 3.12. The maximum Gasteiger partial charge on any atom is 0.304 e. The Hall–Kier alpha value is -1.10. The number of piperidine rings is 1. The van der Waals surface area contributed by atoms with E-state index in [1.54, 1.807) is 0 Å². The van der Waals surface area contributed by atoms with Gasteiger partial charge in [0, 0.05) is 12.6 Å². The van der Waals surface area contributed by atoms with E-state index in [9.17, 15) is 9.59 Å². The highest BCUT2D eigenvalue weighted by Crippen LogP contribution is 2.27. The quantitative estimate of drug-likeness (QED) is 0.737. The van der Waals surface area contributed by atoms with Crippen LogP contribution in [0.4, 0.5) is 0 Å². The zero-order valence-electron chi connectivity index (χ0n) is 10.7. The molecule has 0 spiro atoms. The molecule has 1 aliphatic carbocycles. The van der Waals surface area contributed by atoms with Crippen molar-refractivity contribution in [2.45, 2.75) is 44.6 Å².